The molecule has 0 saturated carbocycles. The van der Waals surface area contributed by atoms with Gasteiger partial charge in [-0.15, -0.1) is 0 Å². The van der Waals surface area contributed by atoms with Crippen molar-refractivity contribution in [2.45, 2.75) is 6.54 Å². The molecule has 3 heterocycles. The van der Waals surface area contributed by atoms with Crippen LogP contribution >= 0.6 is 0 Å². The first-order chi connectivity index (χ1) is 10.8. The highest BCUT2D eigenvalue weighted by Gasteiger charge is 2.15. The summed E-state index contributed by atoms with van der Waals surface area (Å²) in [5.41, 5.74) is 8.12. The minimum absolute atomic E-state index is 0.314. The fourth-order valence-corrected chi connectivity index (χ4v) is 2.10. The van der Waals surface area contributed by atoms with Crippen molar-refractivity contribution in [1.82, 2.24) is 9.97 Å². The topological polar surface area (TPSA) is 101 Å². The largest absolute Gasteiger partial charge is 0.463 e. The maximum atomic E-state index is 9.46. The normalized spacial score (nSPS) is 10.1. The number of nitrogens with one attached hydrogen (secondary N) is 1. The lowest BCUT2D eigenvalue weighted by molar-refractivity contribution is 0.580. The molecule has 3 aromatic heterocycles. The van der Waals surface area contributed by atoms with Crippen LogP contribution in [-0.2, 0) is 6.54 Å². The van der Waals surface area contributed by atoms with E-state index in [-0.39, 0.29) is 0 Å². The van der Waals surface area contributed by atoms with Gasteiger partial charge in [-0.1, -0.05) is 6.07 Å². The number of nitrogen functional groups attached to an aromatic ring is 1. The fourth-order valence-electron chi connectivity index (χ4n) is 2.10. The van der Waals surface area contributed by atoms with Crippen molar-refractivity contribution in [2.75, 3.05) is 11.1 Å². The fraction of sp³-hybridized carbons (Fsp3) is 0.0625. The Morgan fingerprint density at radius 3 is 2.86 bits per heavy atom. The second-order valence-corrected chi connectivity index (χ2v) is 4.58. The molecule has 0 amide bonds. The highest BCUT2D eigenvalue weighted by Crippen LogP contribution is 2.29. The minimum Gasteiger partial charge on any atom is -0.463 e. The Hall–Kier alpha value is -3.33. The highest BCUT2D eigenvalue weighted by molar-refractivity contribution is 5.74. The Kier molecular flexibility index (Phi) is 3.70. The number of anilines is 2. The number of hydrogen-bond donors (Lipinski definition) is 2. The smallest absolute Gasteiger partial charge is 0.153 e. The van der Waals surface area contributed by atoms with Crippen LogP contribution < -0.4 is 11.1 Å². The number of pyridine rings is 2. The van der Waals surface area contributed by atoms with Crippen LogP contribution in [0.4, 0.5) is 11.5 Å². The van der Waals surface area contributed by atoms with Crippen molar-refractivity contribution in [2.24, 2.45) is 0 Å². The number of nitriles is 1. The van der Waals surface area contributed by atoms with E-state index in [4.69, 9.17) is 10.2 Å². The van der Waals surface area contributed by atoms with Gasteiger partial charge < -0.3 is 15.5 Å². The lowest BCUT2D eigenvalue weighted by Gasteiger charge is -2.11. The van der Waals surface area contributed by atoms with Gasteiger partial charge in [0.15, 0.2) is 5.76 Å². The molecule has 0 aliphatic heterocycles. The summed E-state index contributed by atoms with van der Waals surface area (Å²) >= 11 is 0. The number of aromatic nitrogens is 2. The number of nitrogens with two attached hydrogens (primary N) is 1. The van der Waals surface area contributed by atoms with E-state index in [0.717, 1.165) is 5.69 Å². The summed E-state index contributed by atoms with van der Waals surface area (Å²) < 4.78 is 5.33. The van der Waals surface area contributed by atoms with E-state index in [1.54, 1.807) is 24.4 Å². The average Bonchev–Trinajstić information content (AvgIpc) is 3.07. The maximum Gasteiger partial charge on any atom is 0.153 e. The third-order valence-electron chi connectivity index (χ3n) is 3.09. The second kappa shape index (κ2) is 5.97. The maximum absolute atomic E-state index is 9.46. The van der Waals surface area contributed by atoms with Gasteiger partial charge in [0.1, 0.15) is 23.1 Å². The quantitative estimate of drug-likeness (QED) is 0.766. The van der Waals surface area contributed by atoms with Crippen molar-refractivity contribution in [3.05, 3.63) is 60.1 Å². The van der Waals surface area contributed by atoms with Crippen LogP contribution in [0.15, 0.2) is 53.3 Å². The standard InChI is InChI=1S/C16H13N5O/c17-9-12-13(20-10-11-4-1-2-6-19-11)8-15(18)21-16(12)14-5-3-7-22-14/h1-8H,10H2,(H3,18,20,21). The van der Waals surface area contributed by atoms with Crippen LogP contribution in [0.1, 0.15) is 11.3 Å². The Morgan fingerprint density at radius 2 is 2.18 bits per heavy atom. The third-order valence-corrected chi connectivity index (χ3v) is 3.09. The first kappa shape index (κ1) is 13.6. The zero-order valence-electron chi connectivity index (χ0n) is 11.7. The Morgan fingerprint density at radius 1 is 1.27 bits per heavy atom. The highest BCUT2D eigenvalue weighted by atomic mass is 16.3. The summed E-state index contributed by atoms with van der Waals surface area (Å²) in [6, 6.07) is 12.9. The molecule has 0 aromatic carbocycles. The van der Waals surface area contributed by atoms with Crippen molar-refractivity contribution in [3.8, 4) is 17.5 Å². The van der Waals surface area contributed by atoms with Gasteiger partial charge in [0, 0.05) is 12.3 Å². The van der Waals surface area contributed by atoms with Crippen LogP contribution in [0.5, 0.6) is 0 Å². The molecule has 3 N–H and O–H groups in total. The molecule has 0 aliphatic carbocycles. The van der Waals surface area contributed by atoms with E-state index < -0.39 is 0 Å². The average molecular weight is 291 g/mol. The molecule has 3 aromatic rings. The summed E-state index contributed by atoms with van der Waals surface area (Å²) in [5.74, 6) is 0.818. The van der Waals surface area contributed by atoms with Gasteiger partial charge in [-0.2, -0.15) is 5.26 Å². The summed E-state index contributed by atoms with van der Waals surface area (Å²) in [4.78, 5) is 8.44. The van der Waals surface area contributed by atoms with Crippen LogP contribution in [0.2, 0.25) is 0 Å². The molecule has 6 nitrogen and oxygen atoms in total. The van der Waals surface area contributed by atoms with Gasteiger partial charge in [-0.05, 0) is 24.3 Å². The summed E-state index contributed by atoms with van der Waals surface area (Å²) in [6.45, 7) is 0.483. The van der Waals surface area contributed by atoms with Crippen LogP contribution in [-0.4, -0.2) is 9.97 Å². The number of furan rings is 1. The molecule has 0 saturated heterocycles. The SMILES string of the molecule is N#Cc1c(NCc2ccccn2)cc(N)nc1-c1ccco1. The molecule has 0 unspecified atom stereocenters. The number of hydrogen-bond acceptors (Lipinski definition) is 6. The molecule has 3 rings (SSSR count). The summed E-state index contributed by atoms with van der Waals surface area (Å²) in [6.07, 6.45) is 3.25. The monoisotopic (exact) mass is 291 g/mol. The van der Waals surface area contributed by atoms with E-state index in [9.17, 15) is 5.26 Å². The molecule has 0 spiro atoms. The van der Waals surface area contributed by atoms with Crippen LogP contribution in [0.25, 0.3) is 11.5 Å². The number of rotatable bonds is 4. The zero-order valence-corrected chi connectivity index (χ0v) is 11.7. The van der Waals surface area contributed by atoms with Gasteiger partial charge in [-0.3, -0.25) is 4.98 Å². The third kappa shape index (κ3) is 2.74. The molecule has 0 atom stereocenters. The predicted octanol–water partition coefficient (Wildman–Crippen LogP) is 2.80. The molecular formula is C16H13N5O. The van der Waals surface area contributed by atoms with Crippen LogP contribution in [0, 0.1) is 11.3 Å². The molecule has 0 radical (unpaired) electrons. The Balaban J connectivity index is 1.96. The zero-order chi connectivity index (χ0) is 15.4. The number of nitrogens with zero attached hydrogens (tertiary/aromatic N) is 3. The summed E-state index contributed by atoms with van der Waals surface area (Å²) in [5, 5.41) is 12.6. The van der Waals surface area contributed by atoms with Crippen molar-refractivity contribution >= 4 is 11.5 Å². The van der Waals surface area contributed by atoms with Crippen molar-refractivity contribution in [3.63, 3.8) is 0 Å². The van der Waals surface area contributed by atoms with Crippen LogP contribution in [0.3, 0.4) is 0 Å². The predicted molar refractivity (Wildman–Crippen MR) is 82.6 cm³/mol. The van der Waals surface area contributed by atoms with Gasteiger partial charge >= 0.3 is 0 Å². The minimum atomic E-state index is 0.314. The Bertz CT molecular complexity index is 807. The lowest BCUT2D eigenvalue weighted by Crippen LogP contribution is -2.06. The van der Waals surface area contributed by atoms with Gasteiger partial charge in [0.25, 0.3) is 0 Å². The molecule has 0 aliphatic rings. The Labute approximate surface area is 127 Å². The molecule has 6 heteroatoms. The molecular weight excluding hydrogens is 278 g/mol. The first-order valence-electron chi connectivity index (χ1n) is 6.66. The first-order valence-corrected chi connectivity index (χ1v) is 6.66. The molecule has 0 fully saturated rings. The van der Waals surface area contributed by atoms with Gasteiger partial charge in [0.2, 0.25) is 0 Å². The van der Waals surface area contributed by atoms with Gasteiger partial charge in [-0.25, -0.2) is 4.98 Å². The van der Waals surface area contributed by atoms with Gasteiger partial charge in [0.05, 0.1) is 24.2 Å². The molecule has 22 heavy (non-hydrogen) atoms. The van der Waals surface area contributed by atoms with E-state index in [1.807, 2.05) is 18.2 Å². The van der Waals surface area contributed by atoms with E-state index in [1.165, 1.54) is 6.26 Å². The van der Waals surface area contributed by atoms with E-state index in [0.29, 0.717) is 35.1 Å². The summed E-state index contributed by atoms with van der Waals surface area (Å²) in [7, 11) is 0. The van der Waals surface area contributed by atoms with Crippen molar-refractivity contribution in [1.29, 1.82) is 5.26 Å². The molecule has 108 valence electrons. The lowest BCUT2D eigenvalue weighted by atomic mass is 10.1. The van der Waals surface area contributed by atoms with E-state index in [2.05, 4.69) is 21.4 Å². The molecule has 0 bridgehead atoms. The van der Waals surface area contributed by atoms with E-state index >= 15 is 0 Å². The van der Waals surface area contributed by atoms with Crippen molar-refractivity contribution < 1.29 is 4.42 Å². The second-order valence-electron chi connectivity index (χ2n) is 4.58.